The molecule has 0 amide bonds. The van der Waals surface area contributed by atoms with Crippen LogP contribution in [0.1, 0.15) is 18.2 Å². The number of pyridine rings is 1. The van der Waals surface area contributed by atoms with Gasteiger partial charge in [-0.15, -0.1) is 0 Å². The second-order valence-corrected chi connectivity index (χ2v) is 3.55. The van der Waals surface area contributed by atoms with E-state index in [0.717, 1.165) is 16.5 Å². The Hall–Kier alpha value is -2.30. The molecule has 0 bridgehead atoms. The molecule has 0 unspecified atom stereocenters. The van der Waals surface area contributed by atoms with Crippen LogP contribution in [-0.4, -0.2) is 16.7 Å². The molecule has 0 aliphatic carbocycles. The highest BCUT2D eigenvalue weighted by atomic mass is 16.3. The van der Waals surface area contributed by atoms with Crippen LogP contribution in [0, 0.1) is 4.91 Å². The van der Waals surface area contributed by atoms with Crippen molar-refractivity contribution in [3.8, 4) is 0 Å². The second kappa shape index (κ2) is 4.69. The van der Waals surface area contributed by atoms with Gasteiger partial charge >= 0.3 is 0 Å². The molecule has 0 spiro atoms. The minimum Gasteiger partial charge on any atom is -0.338 e. The number of rotatable bonds is 4. The van der Waals surface area contributed by atoms with Crippen LogP contribution in [0.3, 0.4) is 0 Å². The number of hydrogen-bond acceptors (Lipinski definition) is 4. The number of aliphatic imine (C=N–C) groups is 1. The fraction of sp³-hybridized carbons (Fsp3) is 0.167. The molecule has 0 fully saturated rings. The number of hydrogen-bond donors (Lipinski definition) is 1. The van der Waals surface area contributed by atoms with Crippen molar-refractivity contribution in [1.29, 1.82) is 0 Å². The fourth-order valence-electron chi connectivity index (χ4n) is 1.76. The van der Waals surface area contributed by atoms with Crippen molar-refractivity contribution < 1.29 is 0 Å². The Labute approximate surface area is 98.3 Å². The molecule has 2 heterocycles. The second-order valence-electron chi connectivity index (χ2n) is 3.55. The van der Waals surface area contributed by atoms with Gasteiger partial charge in [0.15, 0.2) is 0 Å². The number of H-pyrrole nitrogens is 1. The first-order valence-electron chi connectivity index (χ1n) is 5.19. The summed E-state index contributed by atoms with van der Waals surface area (Å²) in [7, 11) is 0. The molecule has 0 radical (unpaired) electrons. The number of allylic oxidation sites excluding steroid dienone is 1. The van der Waals surface area contributed by atoms with Crippen LogP contribution in [0.5, 0.6) is 0 Å². The quantitative estimate of drug-likeness (QED) is 0.644. The Morgan fingerprint density at radius 1 is 1.59 bits per heavy atom. The molecule has 5 nitrogen and oxygen atoms in total. The Bertz CT molecular complexity index is 598. The van der Waals surface area contributed by atoms with Gasteiger partial charge in [-0.1, -0.05) is 17.3 Å². The molecular formula is C12H12N4O. The number of nitrogens with zero attached hydrogens (tertiary/aromatic N) is 3. The molecule has 0 atom stereocenters. The number of fused-ring (bicyclic) bond motifs is 1. The zero-order valence-corrected chi connectivity index (χ0v) is 9.47. The first kappa shape index (κ1) is 11.2. The van der Waals surface area contributed by atoms with E-state index in [1.807, 2.05) is 25.1 Å². The predicted octanol–water partition coefficient (Wildman–Crippen LogP) is 3.19. The third-order valence-electron chi connectivity index (χ3n) is 2.48. The van der Waals surface area contributed by atoms with Crippen LogP contribution in [0.15, 0.2) is 28.5 Å². The van der Waals surface area contributed by atoms with Gasteiger partial charge in [-0.3, -0.25) is 4.98 Å². The highest BCUT2D eigenvalue weighted by Gasteiger charge is 2.09. The van der Waals surface area contributed by atoms with Crippen LogP contribution in [0.25, 0.3) is 17.0 Å². The number of aromatic amines is 1. The van der Waals surface area contributed by atoms with Crippen LogP contribution >= 0.6 is 0 Å². The molecular weight excluding hydrogens is 216 g/mol. The van der Waals surface area contributed by atoms with E-state index in [0.29, 0.717) is 11.5 Å². The van der Waals surface area contributed by atoms with Gasteiger partial charge in [0.2, 0.25) is 0 Å². The van der Waals surface area contributed by atoms with E-state index in [1.165, 1.54) is 0 Å². The summed E-state index contributed by atoms with van der Waals surface area (Å²) < 4.78 is 0. The summed E-state index contributed by atoms with van der Waals surface area (Å²) in [5, 5.41) is 3.81. The monoisotopic (exact) mass is 228 g/mol. The van der Waals surface area contributed by atoms with E-state index >= 15 is 0 Å². The molecule has 5 heteroatoms. The lowest BCUT2D eigenvalue weighted by molar-refractivity contribution is 0.987. The molecule has 0 aromatic carbocycles. The molecule has 1 N–H and O–H groups in total. The summed E-state index contributed by atoms with van der Waals surface area (Å²) in [6.07, 6.45) is 5.55. The van der Waals surface area contributed by atoms with Crippen LogP contribution in [-0.2, 0) is 6.54 Å². The first-order valence-corrected chi connectivity index (χ1v) is 5.19. The standard InChI is InChI=1S/C12H12N4O/c1-3-4-9-10-5-8(6-15-17)14-7-11(10)16-12(9)13-2/h3-5,7,16H,2,6H2,1H3/b4-3-. The zero-order chi connectivity index (χ0) is 12.3. The average molecular weight is 228 g/mol. The third kappa shape index (κ3) is 1.99. The molecule has 17 heavy (non-hydrogen) atoms. The lowest BCUT2D eigenvalue weighted by Gasteiger charge is -1.95. The largest absolute Gasteiger partial charge is 0.338 e. The van der Waals surface area contributed by atoms with Crippen molar-refractivity contribution in [3.05, 3.63) is 34.5 Å². The van der Waals surface area contributed by atoms with Crippen LogP contribution < -0.4 is 0 Å². The minimum absolute atomic E-state index is 0.0766. The maximum absolute atomic E-state index is 10.2. The van der Waals surface area contributed by atoms with Crippen molar-refractivity contribution in [2.75, 3.05) is 0 Å². The third-order valence-corrected chi connectivity index (χ3v) is 2.48. The van der Waals surface area contributed by atoms with Gasteiger partial charge in [-0.05, 0) is 19.7 Å². The maximum atomic E-state index is 10.2. The average Bonchev–Trinajstić information content (AvgIpc) is 2.68. The van der Waals surface area contributed by atoms with Crippen molar-refractivity contribution in [3.63, 3.8) is 0 Å². The zero-order valence-electron chi connectivity index (χ0n) is 9.47. The summed E-state index contributed by atoms with van der Waals surface area (Å²) in [4.78, 5) is 21.4. The highest BCUT2D eigenvalue weighted by Crippen LogP contribution is 2.29. The molecule has 2 rings (SSSR count). The van der Waals surface area contributed by atoms with Gasteiger partial charge in [0, 0.05) is 10.9 Å². The lowest BCUT2D eigenvalue weighted by atomic mass is 10.1. The molecule has 0 aliphatic heterocycles. The smallest absolute Gasteiger partial charge is 0.137 e. The van der Waals surface area contributed by atoms with E-state index < -0.39 is 0 Å². The number of aromatic nitrogens is 2. The van der Waals surface area contributed by atoms with E-state index in [-0.39, 0.29) is 6.54 Å². The minimum atomic E-state index is 0.0766. The van der Waals surface area contributed by atoms with Crippen molar-refractivity contribution >= 4 is 29.5 Å². The lowest BCUT2D eigenvalue weighted by Crippen LogP contribution is -1.86. The van der Waals surface area contributed by atoms with Crippen LogP contribution in [0.4, 0.5) is 5.82 Å². The Balaban J connectivity index is 2.68. The summed E-state index contributed by atoms with van der Waals surface area (Å²) in [6.45, 7) is 5.53. The van der Waals surface area contributed by atoms with Crippen molar-refractivity contribution in [2.45, 2.75) is 13.5 Å². The highest BCUT2D eigenvalue weighted by molar-refractivity contribution is 5.94. The predicted molar refractivity (Wildman–Crippen MR) is 69.5 cm³/mol. The SMILES string of the molecule is C=Nc1[nH]c2cnc(CN=O)cc2c1/C=C\C. The Morgan fingerprint density at radius 2 is 2.41 bits per heavy atom. The Morgan fingerprint density at radius 3 is 3.06 bits per heavy atom. The Kier molecular flexibility index (Phi) is 3.09. The summed E-state index contributed by atoms with van der Waals surface area (Å²) in [6, 6.07) is 1.84. The number of nitrogens with one attached hydrogen (secondary N) is 1. The van der Waals surface area contributed by atoms with Gasteiger partial charge in [-0.2, -0.15) is 4.91 Å². The van der Waals surface area contributed by atoms with Gasteiger partial charge in [0.05, 0.1) is 17.4 Å². The van der Waals surface area contributed by atoms with Crippen LogP contribution in [0.2, 0.25) is 0 Å². The van der Waals surface area contributed by atoms with Gasteiger partial charge in [0.1, 0.15) is 12.4 Å². The summed E-state index contributed by atoms with van der Waals surface area (Å²) in [5.74, 6) is 0.705. The molecule has 0 saturated heterocycles. The molecule has 0 aliphatic rings. The van der Waals surface area contributed by atoms with E-state index in [4.69, 9.17) is 0 Å². The summed E-state index contributed by atoms with van der Waals surface area (Å²) >= 11 is 0. The van der Waals surface area contributed by atoms with Gasteiger partial charge in [0.25, 0.3) is 0 Å². The van der Waals surface area contributed by atoms with Gasteiger partial charge in [-0.25, -0.2) is 4.99 Å². The first-order chi connectivity index (χ1) is 8.30. The van der Waals surface area contributed by atoms with Gasteiger partial charge < -0.3 is 4.98 Å². The topological polar surface area (TPSA) is 70.5 Å². The van der Waals surface area contributed by atoms with E-state index in [9.17, 15) is 4.91 Å². The van der Waals surface area contributed by atoms with Crippen molar-refractivity contribution in [2.24, 2.45) is 10.2 Å². The molecule has 2 aromatic rings. The number of nitroso groups, excluding NO2 is 1. The van der Waals surface area contributed by atoms with Crippen molar-refractivity contribution in [1.82, 2.24) is 9.97 Å². The molecule has 86 valence electrons. The summed E-state index contributed by atoms with van der Waals surface area (Å²) in [5.41, 5.74) is 2.47. The van der Waals surface area contributed by atoms with E-state index in [2.05, 4.69) is 26.9 Å². The normalized spacial score (nSPS) is 11.1. The fourth-order valence-corrected chi connectivity index (χ4v) is 1.76. The molecule has 0 saturated carbocycles. The molecule has 2 aromatic heterocycles. The van der Waals surface area contributed by atoms with E-state index in [1.54, 1.807) is 6.20 Å². The maximum Gasteiger partial charge on any atom is 0.137 e.